The van der Waals surface area contributed by atoms with Gasteiger partial charge in [-0.1, -0.05) is 0 Å². The van der Waals surface area contributed by atoms with Crippen LogP contribution in [0, 0.1) is 0 Å². The highest BCUT2D eigenvalue weighted by Crippen LogP contribution is 2.21. The summed E-state index contributed by atoms with van der Waals surface area (Å²) in [6.45, 7) is -1.52. The van der Waals surface area contributed by atoms with E-state index in [1.165, 1.54) is 0 Å². The molecular weight excluding hydrogens is 248 g/mol. The van der Waals surface area contributed by atoms with Gasteiger partial charge in [0, 0.05) is 13.0 Å². The van der Waals surface area contributed by atoms with E-state index in [-0.39, 0.29) is 19.4 Å². The van der Waals surface area contributed by atoms with Crippen LogP contribution in [0.15, 0.2) is 0 Å². The molecule has 0 radical (unpaired) electrons. The maximum absolute atomic E-state index is 12.3. The van der Waals surface area contributed by atoms with Crippen molar-refractivity contribution in [1.82, 2.24) is 10.6 Å². The first kappa shape index (κ1) is 15.5. The summed E-state index contributed by atoms with van der Waals surface area (Å²) in [4.78, 5) is 20.9. The van der Waals surface area contributed by atoms with Crippen molar-refractivity contribution >= 4 is 12.0 Å². The minimum atomic E-state index is -4.28. The number of hydrogen-bond acceptors (Lipinski definition) is 2. The van der Waals surface area contributed by atoms with Crippen LogP contribution in [0.4, 0.5) is 22.4 Å². The predicted molar refractivity (Wildman–Crippen MR) is 49.2 cm³/mol. The lowest BCUT2D eigenvalue weighted by Gasteiger charge is -2.15. The van der Waals surface area contributed by atoms with E-state index in [1.807, 2.05) is 0 Å². The van der Waals surface area contributed by atoms with Crippen molar-refractivity contribution in [2.24, 2.45) is 0 Å². The SMILES string of the molecule is O=C(O)CCCNC(=O)NCC(F)(F)C(F)F. The Morgan fingerprint density at radius 3 is 2.29 bits per heavy atom. The Balaban J connectivity index is 3.70. The van der Waals surface area contributed by atoms with E-state index in [9.17, 15) is 27.2 Å². The van der Waals surface area contributed by atoms with Gasteiger partial charge in [-0.2, -0.15) is 8.78 Å². The molecule has 0 fully saturated rings. The third-order valence-electron chi connectivity index (χ3n) is 1.66. The number of hydrogen-bond donors (Lipinski definition) is 3. The second kappa shape index (κ2) is 6.92. The van der Waals surface area contributed by atoms with Crippen molar-refractivity contribution in [1.29, 1.82) is 0 Å². The van der Waals surface area contributed by atoms with Gasteiger partial charge in [-0.25, -0.2) is 13.6 Å². The highest BCUT2D eigenvalue weighted by atomic mass is 19.3. The van der Waals surface area contributed by atoms with E-state index < -0.39 is 30.9 Å². The Morgan fingerprint density at radius 1 is 1.24 bits per heavy atom. The molecule has 5 nitrogen and oxygen atoms in total. The van der Waals surface area contributed by atoms with Crippen molar-refractivity contribution in [3.05, 3.63) is 0 Å². The average Bonchev–Trinajstić information content (AvgIpc) is 2.21. The van der Waals surface area contributed by atoms with E-state index in [1.54, 1.807) is 5.32 Å². The molecule has 17 heavy (non-hydrogen) atoms. The van der Waals surface area contributed by atoms with E-state index in [0.29, 0.717) is 0 Å². The maximum atomic E-state index is 12.3. The minimum absolute atomic E-state index is 0.0433. The molecule has 0 rings (SSSR count). The summed E-state index contributed by atoms with van der Waals surface area (Å²) in [6, 6.07) is -1.05. The molecule has 0 aromatic heterocycles. The zero-order valence-electron chi connectivity index (χ0n) is 8.68. The van der Waals surface area contributed by atoms with Gasteiger partial charge in [0.15, 0.2) is 0 Å². The van der Waals surface area contributed by atoms with Crippen molar-refractivity contribution in [2.75, 3.05) is 13.1 Å². The Hall–Kier alpha value is -1.54. The number of rotatable bonds is 7. The number of halogens is 4. The molecule has 0 aromatic rings. The summed E-state index contributed by atoms with van der Waals surface area (Å²) in [7, 11) is 0. The Kier molecular flexibility index (Phi) is 6.29. The minimum Gasteiger partial charge on any atom is -0.481 e. The topological polar surface area (TPSA) is 78.4 Å². The van der Waals surface area contributed by atoms with E-state index >= 15 is 0 Å². The number of carboxylic acid groups (broad SMARTS) is 1. The Morgan fingerprint density at radius 2 is 1.82 bits per heavy atom. The molecule has 0 unspecified atom stereocenters. The van der Waals surface area contributed by atoms with Gasteiger partial charge in [0.05, 0.1) is 6.54 Å². The van der Waals surface area contributed by atoms with Gasteiger partial charge >= 0.3 is 24.3 Å². The molecule has 0 aliphatic rings. The lowest BCUT2D eigenvalue weighted by molar-refractivity contribution is -0.137. The number of nitrogens with one attached hydrogen (secondary N) is 2. The molecule has 0 aliphatic heterocycles. The van der Waals surface area contributed by atoms with Gasteiger partial charge < -0.3 is 15.7 Å². The molecule has 3 N–H and O–H groups in total. The average molecular weight is 260 g/mol. The fourth-order valence-corrected chi connectivity index (χ4v) is 0.779. The third-order valence-corrected chi connectivity index (χ3v) is 1.66. The number of amides is 2. The number of urea groups is 1. The van der Waals surface area contributed by atoms with Gasteiger partial charge in [-0.15, -0.1) is 0 Å². The van der Waals surface area contributed by atoms with Crippen LogP contribution >= 0.6 is 0 Å². The number of carbonyl (C=O) groups excluding carboxylic acids is 1. The number of carbonyl (C=O) groups is 2. The molecule has 0 aromatic carbocycles. The van der Waals surface area contributed by atoms with Gasteiger partial charge in [0.25, 0.3) is 0 Å². The second-order valence-corrected chi connectivity index (χ2v) is 3.17. The smallest absolute Gasteiger partial charge is 0.324 e. The van der Waals surface area contributed by atoms with Crippen molar-refractivity contribution in [3.63, 3.8) is 0 Å². The fourth-order valence-electron chi connectivity index (χ4n) is 0.779. The summed E-state index contributed by atoms with van der Waals surface area (Å²) in [5, 5.41) is 11.9. The summed E-state index contributed by atoms with van der Waals surface area (Å²) < 4.78 is 48.0. The Bertz CT molecular complexity index is 273. The first-order valence-corrected chi connectivity index (χ1v) is 4.65. The van der Waals surface area contributed by atoms with Crippen LogP contribution in [-0.2, 0) is 4.79 Å². The van der Waals surface area contributed by atoms with Crippen molar-refractivity contribution in [2.45, 2.75) is 25.2 Å². The maximum Gasteiger partial charge on any atom is 0.324 e. The van der Waals surface area contributed by atoms with Crippen molar-refractivity contribution < 1.29 is 32.3 Å². The van der Waals surface area contributed by atoms with Crippen molar-refractivity contribution in [3.8, 4) is 0 Å². The molecule has 0 saturated heterocycles. The van der Waals surface area contributed by atoms with Crippen LogP contribution in [0.5, 0.6) is 0 Å². The number of aliphatic carboxylic acids is 1. The lowest BCUT2D eigenvalue weighted by Crippen LogP contribution is -2.45. The lowest BCUT2D eigenvalue weighted by atomic mass is 10.3. The molecule has 9 heteroatoms. The summed E-state index contributed by atoms with van der Waals surface area (Å²) >= 11 is 0. The predicted octanol–water partition coefficient (Wildman–Crippen LogP) is 1.05. The molecule has 0 saturated carbocycles. The summed E-state index contributed by atoms with van der Waals surface area (Å²) in [6.07, 6.45) is -3.92. The number of carboxylic acids is 1. The van der Waals surface area contributed by atoms with E-state index in [4.69, 9.17) is 5.11 Å². The monoisotopic (exact) mass is 260 g/mol. The van der Waals surface area contributed by atoms with E-state index in [2.05, 4.69) is 5.32 Å². The fraction of sp³-hybridized carbons (Fsp3) is 0.750. The molecule has 2 amide bonds. The molecule has 0 spiro atoms. The summed E-state index contributed by atoms with van der Waals surface area (Å²) in [5.41, 5.74) is 0. The van der Waals surface area contributed by atoms with Gasteiger partial charge in [-0.3, -0.25) is 4.79 Å². The van der Waals surface area contributed by atoms with Crippen LogP contribution in [0.3, 0.4) is 0 Å². The van der Waals surface area contributed by atoms with Gasteiger partial charge in [0.1, 0.15) is 0 Å². The number of alkyl halides is 4. The zero-order valence-corrected chi connectivity index (χ0v) is 8.68. The normalized spacial score (nSPS) is 11.4. The van der Waals surface area contributed by atoms with Crippen LogP contribution in [0.2, 0.25) is 0 Å². The molecular formula is C8H12F4N2O3. The first-order chi connectivity index (χ1) is 7.75. The van der Waals surface area contributed by atoms with Crippen LogP contribution in [0.1, 0.15) is 12.8 Å². The van der Waals surface area contributed by atoms with Gasteiger partial charge in [0.2, 0.25) is 0 Å². The quantitative estimate of drug-likeness (QED) is 0.473. The Labute approximate surface area is 94.2 Å². The molecule has 0 heterocycles. The zero-order chi connectivity index (χ0) is 13.5. The first-order valence-electron chi connectivity index (χ1n) is 4.65. The highest BCUT2D eigenvalue weighted by molar-refractivity contribution is 5.74. The largest absolute Gasteiger partial charge is 0.481 e. The third kappa shape index (κ3) is 7.36. The van der Waals surface area contributed by atoms with Crippen LogP contribution in [-0.4, -0.2) is 42.5 Å². The second-order valence-electron chi connectivity index (χ2n) is 3.17. The highest BCUT2D eigenvalue weighted by Gasteiger charge is 2.40. The molecule has 0 bridgehead atoms. The van der Waals surface area contributed by atoms with Crippen LogP contribution in [0.25, 0.3) is 0 Å². The van der Waals surface area contributed by atoms with Gasteiger partial charge in [-0.05, 0) is 6.42 Å². The molecule has 100 valence electrons. The van der Waals surface area contributed by atoms with Crippen LogP contribution < -0.4 is 10.6 Å². The summed E-state index contributed by atoms with van der Waals surface area (Å²) in [5.74, 6) is -5.34. The van der Waals surface area contributed by atoms with E-state index in [0.717, 1.165) is 0 Å². The molecule has 0 atom stereocenters. The standard InChI is InChI=1S/C8H12F4N2O3/c9-6(10)8(11,12)4-14-7(17)13-3-1-2-5(15)16/h6H,1-4H2,(H,15,16)(H2,13,14,17). The molecule has 0 aliphatic carbocycles.